The van der Waals surface area contributed by atoms with E-state index < -0.39 is 28.7 Å². The maximum Gasteiger partial charge on any atom is 0.310 e. The van der Waals surface area contributed by atoms with Crippen LogP contribution in [0.15, 0.2) is 67.3 Å². The minimum absolute atomic E-state index is 0.0828. The van der Waals surface area contributed by atoms with E-state index in [1.807, 2.05) is 30.3 Å². The summed E-state index contributed by atoms with van der Waals surface area (Å²) >= 11 is 7.71. The van der Waals surface area contributed by atoms with Crippen molar-refractivity contribution in [3.63, 3.8) is 0 Å². The molecule has 2 bridgehead atoms. The Morgan fingerprint density at radius 1 is 1.26 bits per heavy atom. The number of fused-ring (bicyclic) bond motifs is 1. The van der Waals surface area contributed by atoms with Gasteiger partial charge in [-0.05, 0) is 56.0 Å². The van der Waals surface area contributed by atoms with E-state index in [4.69, 9.17) is 16.3 Å². The first kappa shape index (κ1) is 27.7. The molecule has 1 spiro atoms. The number of likely N-dealkylation sites (tertiary alicyclic amines) is 1. The van der Waals surface area contributed by atoms with Crippen molar-refractivity contribution in [3.05, 3.63) is 77.8 Å². The largest absolute Gasteiger partial charge is 0.466 e. The van der Waals surface area contributed by atoms with Gasteiger partial charge in [0, 0.05) is 22.5 Å². The number of thioether (sulfide) groups is 1. The Morgan fingerprint density at radius 3 is 2.62 bits per heavy atom. The Labute approximate surface area is 238 Å². The molecule has 9 heteroatoms. The number of hydrogen-bond donors (Lipinski definition) is 1. The van der Waals surface area contributed by atoms with Gasteiger partial charge in [0.25, 0.3) is 5.91 Å². The van der Waals surface area contributed by atoms with Gasteiger partial charge in [0.1, 0.15) is 6.04 Å². The maximum atomic E-state index is 14.6. The van der Waals surface area contributed by atoms with Crippen molar-refractivity contribution in [1.82, 2.24) is 4.90 Å². The molecule has 2 amide bonds. The lowest BCUT2D eigenvalue weighted by molar-refractivity contribution is -0.154. The fourth-order valence-electron chi connectivity index (χ4n) is 6.63. The van der Waals surface area contributed by atoms with Gasteiger partial charge >= 0.3 is 5.97 Å². The minimum atomic E-state index is -0.860. The van der Waals surface area contributed by atoms with Gasteiger partial charge in [-0.25, -0.2) is 0 Å². The predicted octanol–water partition coefficient (Wildman–Crippen LogP) is 4.12. The Morgan fingerprint density at radius 2 is 1.97 bits per heavy atom. The molecule has 206 valence electrons. The minimum Gasteiger partial charge on any atom is -0.466 e. The van der Waals surface area contributed by atoms with Gasteiger partial charge < -0.3 is 19.6 Å². The van der Waals surface area contributed by atoms with Crippen molar-refractivity contribution in [3.8, 4) is 0 Å². The summed E-state index contributed by atoms with van der Waals surface area (Å²) in [7, 11) is 0. The number of esters is 1. The maximum absolute atomic E-state index is 14.6. The molecule has 2 aromatic rings. The van der Waals surface area contributed by atoms with E-state index >= 15 is 0 Å². The predicted molar refractivity (Wildman–Crippen MR) is 153 cm³/mol. The van der Waals surface area contributed by atoms with E-state index in [2.05, 4.69) is 6.58 Å². The monoisotopic (exact) mass is 568 g/mol. The molecule has 7 nitrogen and oxygen atoms in total. The van der Waals surface area contributed by atoms with Crippen molar-refractivity contribution in [2.45, 2.75) is 48.3 Å². The number of carbonyl (C=O) groups is 3. The van der Waals surface area contributed by atoms with Gasteiger partial charge in [0.2, 0.25) is 5.91 Å². The van der Waals surface area contributed by atoms with E-state index in [0.29, 0.717) is 23.6 Å². The molecule has 2 aromatic carbocycles. The summed E-state index contributed by atoms with van der Waals surface area (Å²) in [6, 6.07) is 15.1. The Bertz CT molecular complexity index is 1240. The van der Waals surface area contributed by atoms with Crippen molar-refractivity contribution in [1.29, 1.82) is 0 Å². The zero-order valence-electron chi connectivity index (χ0n) is 21.9. The summed E-state index contributed by atoms with van der Waals surface area (Å²) in [5.74, 6) is -2.19. The molecule has 6 atom stereocenters. The van der Waals surface area contributed by atoms with Crippen LogP contribution >= 0.6 is 23.4 Å². The summed E-state index contributed by atoms with van der Waals surface area (Å²) in [4.78, 5) is 45.3. The van der Waals surface area contributed by atoms with E-state index in [1.54, 1.807) is 58.8 Å². The smallest absolute Gasteiger partial charge is 0.310 e. The SMILES string of the molecule is C=CCN(C(=O)C1N([C@@H](CO)Cc2ccccc2)C(=O)[C@@H]2[C@H](C(=O)OCC)[C@@H]3CCC12S3)c1ccc(Cl)cc1. The second kappa shape index (κ2) is 11.4. The highest BCUT2D eigenvalue weighted by Gasteiger charge is 2.74. The summed E-state index contributed by atoms with van der Waals surface area (Å²) in [5.41, 5.74) is 1.59. The molecular weight excluding hydrogens is 536 g/mol. The lowest BCUT2D eigenvalue weighted by Crippen LogP contribution is -2.58. The van der Waals surface area contributed by atoms with Crippen LogP contribution in [0.1, 0.15) is 25.3 Å². The summed E-state index contributed by atoms with van der Waals surface area (Å²) < 4.78 is 4.63. The van der Waals surface area contributed by atoms with Gasteiger partial charge in [0.15, 0.2) is 0 Å². The lowest BCUT2D eigenvalue weighted by atomic mass is 9.71. The lowest BCUT2D eigenvalue weighted by Gasteiger charge is -2.39. The number of ether oxygens (including phenoxy) is 1. The van der Waals surface area contributed by atoms with Crippen LogP contribution < -0.4 is 4.90 Å². The van der Waals surface area contributed by atoms with Gasteiger partial charge in [0.05, 0.1) is 35.8 Å². The summed E-state index contributed by atoms with van der Waals surface area (Å²) in [5, 5.41) is 11.1. The van der Waals surface area contributed by atoms with Crippen LogP contribution in [0.3, 0.4) is 0 Å². The molecule has 0 aromatic heterocycles. The Hall–Kier alpha value is -2.81. The van der Waals surface area contributed by atoms with Gasteiger partial charge in [-0.2, -0.15) is 0 Å². The van der Waals surface area contributed by atoms with Crippen molar-refractivity contribution >= 4 is 46.8 Å². The van der Waals surface area contributed by atoms with Gasteiger partial charge in [-0.3, -0.25) is 14.4 Å². The molecule has 1 N–H and O–H groups in total. The number of rotatable bonds is 10. The van der Waals surface area contributed by atoms with Crippen LogP contribution in [0.25, 0.3) is 0 Å². The van der Waals surface area contributed by atoms with Gasteiger partial charge in [-0.15, -0.1) is 18.3 Å². The third-order valence-corrected chi connectivity index (χ3v) is 10.4. The third-order valence-electron chi connectivity index (χ3n) is 8.17. The molecule has 3 heterocycles. The Balaban J connectivity index is 1.60. The average molecular weight is 569 g/mol. The second-order valence-electron chi connectivity index (χ2n) is 10.3. The molecule has 3 saturated heterocycles. The van der Waals surface area contributed by atoms with Crippen molar-refractivity contribution in [2.75, 3.05) is 24.7 Å². The first-order chi connectivity index (χ1) is 18.9. The second-order valence-corrected chi connectivity index (χ2v) is 12.3. The first-order valence-electron chi connectivity index (χ1n) is 13.4. The van der Waals surface area contributed by atoms with Crippen LogP contribution in [0.5, 0.6) is 0 Å². The molecule has 0 aliphatic carbocycles. The van der Waals surface area contributed by atoms with Crippen LogP contribution in [-0.4, -0.2) is 69.6 Å². The molecule has 2 unspecified atom stereocenters. The summed E-state index contributed by atoms with van der Waals surface area (Å²) in [6.07, 6.45) is 3.39. The number of halogens is 1. The average Bonchev–Trinajstić information content (AvgIpc) is 3.59. The normalized spacial score (nSPS) is 27.8. The number of hydrogen-bond acceptors (Lipinski definition) is 6. The van der Waals surface area contributed by atoms with E-state index in [9.17, 15) is 19.5 Å². The molecule has 0 radical (unpaired) electrons. The summed E-state index contributed by atoms with van der Waals surface area (Å²) in [6.45, 7) is 5.76. The number of anilines is 1. The zero-order valence-corrected chi connectivity index (χ0v) is 23.4. The first-order valence-corrected chi connectivity index (χ1v) is 14.6. The van der Waals surface area contributed by atoms with Crippen LogP contribution in [0.2, 0.25) is 5.02 Å². The van der Waals surface area contributed by atoms with Crippen LogP contribution in [-0.2, 0) is 25.5 Å². The zero-order chi connectivity index (χ0) is 27.7. The van der Waals surface area contributed by atoms with Crippen LogP contribution in [0, 0.1) is 11.8 Å². The van der Waals surface area contributed by atoms with Crippen molar-refractivity contribution < 1.29 is 24.2 Å². The molecule has 39 heavy (non-hydrogen) atoms. The highest BCUT2D eigenvalue weighted by molar-refractivity contribution is 8.02. The Kier molecular flexibility index (Phi) is 8.08. The van der Waals surface area contributed by atoms with E-state index in [-0.39, 0.29) is 42.8 Å². The van der Waals surface area contributed by atoms with Gasteiger partial charge in [-0.1, -0.05) is 48.0 Å². The molecule has 5 rings (SSSR count). The number of carbonyl (C=O) groups excluding carboxylic acids is 3. The fourth-order valence-corrected chi connectivity index (χ4v) is 8.94. The number of nitrogens with zero attached hydrogens (tertiary/aromatic N) is 2. The highest BCUT2D eigenvalue weighted by Crippen LogP contribution is 2.67. The number of amides is 2. The molecular formula is C30H33ClN2O5S. The molecule has 0 saturated carbocycles. The van der Waals surface area contributed by atoms with E-state index in [1.165, 1.54) is 0 Å². The molecule has 3 aliphatic rings. The quantitative estimate of drug-likeness (QED) is 0.343. The number of benzene rings is 2. The number of aliphatic hydroxyl groups is 1. The number of aliphatic hydroxyl groups excluding tert-OH is 1. The topological polar surface area (TPSA) is 87.2 Å². The third kappa shape index (κ3) is 4.77. The highest BCUT2D eigenvalue weighted by atomic mass is 35.5. The van der Waals surface area contributed by atoms with E-state index in [0.717, 1.165) is 12.0 Å². The standard InChI is InChI=1S/C30H33ClN2O5S/c1-3-16-32(21-12-10-20(31)11-13-21)28(36)26-30-15-14-23(39-30)24(29(37)38-4-2)25(30)27(35)33(26)22(18-34)17-19-8-6-5-7-9-19/h3,5-13,22-26,34H,1,4,14-18H2,2H3/t22-,23+,24-,25+,26?,30?/m1/s1. The molecule has 3 fully saturated rings. The fraction of sp³-hybridized carbons (Fsp3) is 0.433. The van der Waals surface area contributed by atoms with Crippen molar-refractivity contribution in [2.24, 2.45) is 11.8 Å². The van der Waals surface area contributed by atoms with Crippen LogP contribution in [0.4, 0.5) is 5.69 Å². The molecule has 3 aliphatic heterocycles.